The van der Waals surface area contributed by atoms with Gasteiger partial charge >= 0.3 is 5.69 Å². The van der Waals surface area contributed by atoms with Crippen LogP contribution in [0, 0.1) is 15.9 Å². The molecule has 180 valence electrons. The highest BCUT2D eigenvalue weighted by Gasteiger charge is 2.31. The smallest absolute Gasteiger partial charge is 0.330 e. The second kappa shape index (κ2) is 9.94. The third-order valence-electron chi connectivity index (χ3n) is 4.89. The fourth-order valence-electron chi connectivity index (χ4n) is 3.17. The highest BCUT2D eigenvalue weighted by Crippen LogP contribution is 2.30. The van der Waals surface area contributed by atoms with E-state index in [0.717, 1.165) is 35.7 Å². The molecule has 2 aromatic carbocycles. The second-order valence-electron chi connectivity index (χ2n) is 6.91. The molecule has 0 unspecified atom stereocenters. The molecule has 0 bridgehead atoms. The van der Waals surface area contributed by atoms with E-state index in [4.69, 9.17) is 4.74 Å². The van der Waals surface area contributed by atoms with Crippen molar-refractivity contribution in [3.8, 4) is 0 Å². The van der Waals surface area contributed by atoms with Crippen LogP contribution in [0.1, 0.15) is 11.8 Å². The molecule has 0 aliphatic carbocycles. The van der Waals surface area contributed by atoms with Crippen molar-refractivity contribution in [3.05, 3.63) is 97.1 Å². The van der Waals surface area contributed by atoms with Gasteiger partial charge in [-0.1, -0.05) is 18.2 Å². The maximum absolute atomic E-state index is 13.9. The Kier molecular flexibility index (Phi) is 7.24. The molecule has 14 heteroatoms. The first-order valence-electron chi connectivity index (χ1n) is 9.60. The Hall–Kier alpha value is -3.88. The van der Waals surface area contributed by atoms with Crippen LogP contribution in [0.4, 0.5) is 15.8 Å². The van der Waals surface area contributed by atoms with Gasteiger partial charge in [0, 0.05) is 24.8 Å². The zero-order chi connectivity index (χ0) is 25.0. The maximum Gasteiger partial charge on any atom is 0.330 e. The molecule has 0 radical (unpaired) electrons. The number of H-pyrrole nitrogens is 1. The van der Waals surface area contributed by atoms with Crippen LogP contribution in [-0.4, -0.2) is 41.7 Å². The summed E-state index contributed by atoms with van der Waals surface area (Å²) in [6, 6.07) is 10.1. The minimum absolute atomic E-state index is 0.0309. The van der Waals surface area contributed by atoms with E-state index in [-0.39, 0.29) is 21.8 Å². The fourth-order valence-corrected chi connectivity index (χ4v) is 4.67. The minimum Gasteiger partial charge on any atom is -0.392 e. The van der Waals surface area contributed by atoms with Gasteiger partial charge in [-0.15, -0.1) is 0 Å². The summed E-state index contributed by atoms with van der Waals surface area (Å²) in [6.07, 6.45) is -0.817. The number of nitrogens with one attached hydrogen (secondary N) is 1. The Bertz CT molecular complexity index is 1420. The standard InChI is InChI=1S/C20H19FN4O8S/c1-33-18(23-10-16(21)19(27)22-20(23)28)11-24(17-5-3-2-4-13(17)12-26)34(31,32)15-8-6-14(7-9-15)25(29)30/h2-10,18,26H,11-12H2,1H3,(H,22,27,28)/t18-/m0/s1. The number of nitrogens with zero attached hydrogens (tertiary/aromatic N) is 3. The van der Waals surface area contributed by atoms with Gasteiger partial charge in [0.15, 0.2) is 6.23 Å². The van der Waals surface area contributed by atoms with Crippen molar-refractivity contribution in [1.82, 2.24) is 9.55 Å². The first-order chi connectivity index (χ1) is 16.1. The highest BCUT2D eigenvalue weighted by molar-refractivity contribution is 7.92. The van der Waals surface area contributed by atoms with Gasteiger partial charge in [0.25, 0.3) is 21.3 Å². The lowest BCUT2D eigenvalue weighted by atomic mass is 10.2. The number of anilines is 1. The Morgan fingerprint density at radius 3 is 2.44 bits per heavy atom. The zero-order valence-corrected chi connectivity index (χ0v) is 18.4. The molecule has 0 saturated carbocycles. The molecule has 12 nitrogen and oxygen atoms in total. The van der Waals surface area contributed by atoms with Crippen molar-refractivity contribution in [2.75, 3.05) is 18.0 Å². The lowest BCUT2D eigenvalue weighted by Crippen LogP contribution is -2.42. The van der Waals surface area contributed by atoms with E-state index < -0.39 is 51.4 Å². The van der Waals surface area contributed by atoms with E-state index in [0.29, 0.717) is 10.8 Å². The normalized spacial score (nSPS) is 12.3. The van der Waals surface area contributed by atoms with Crippen molar-refractivity contribution in [3.63, 3.8) is 0 Å². The van der Waals surface area contributed by atoms with Gasteiger partial charge < -0.3 is 9.84 Å². The predicted octanol–water partition coefficient (Wildman–Crippen LogP) is 1.12. The molecule has 0 spiro atoms. The van der Waals surface area contributed by atoms with Crippen LogP contribution in [0.2, 0.25) is 0 Å². The van der Waals surface area contributed by atoms with Crippen LogP contribution in [0.25, 0.3) is 0 Å². The van der Waals surface area contributed by atoms with Crippen molar-refractivity contribution >= 4 is 21.4 Å². The Morgan fingerprint density at radius 1 is 1.21 bits per heavy atom. The van der Waals surface area contributed by atoms with E-state index in [9.17, 15) is 37.6 Å². The summed E-state index contributed by atoms with van der Waals surface area (Å²) >= 11 is 0. The number of sulfonamides is 1. The van der Waals surface area contributed by atoms with E-state index >= 15 is 0 Å². The zero-order valence-electron chi connectivity index (χ0n) is 17.6. The third kappa shape index (κ3) is 4.88. The summed E-state index contributed by atoms with van der Waals surface area (Å²) in [6.45, 7) is -1.12. The van der Waals surface area contributed by atoms with E-state index in [1.807, 2.05) is 0 Å². The molecule has 0 fully saturated rings. The summed E-state index contributed by atoms with van der Waals surface area (Å²) < 4.78 is 47.7. The number of benzene rings is 2. The molecular formula is C20H19FN4O8S. The number of hydrogen-bond donors (Lipinski definition) is 2. The van der Waals surface area contributed by atoms with Crippen molar-refractivity contribution in [1.29, 1.82) is 0 Å². The van der Waals surface area contributed by atoms with E-state index in [2.05, 4.69) is 0 Å². The van der Waals surface area contributed by atoms with Crippen LogP contribution >= 0.6 is 0 Å². The summed E-state index contributed by atoms with van der Waals surface area (Å²) in [5.41, 5.74) is -2.38. The van der Waals surface area contributed by atoms with Gasteiger partial charge in [-0.3, -0.25) is 28.8 Å². The number of aliphatic hydroxyl groups is 1. The molecule has 1 atom stereocenters. The molecular weight excluding hydrogens is 475 g/mol. The quantitative estimate of drug-likeness (QED) is 0.330. The van der Waals surface area contributed by atoms with Crippen LogP contribution < -0.4 is 15.6 Å². The number of methoxy groups -OCH3 is 1. The number of halogens is 1. The Balaban J connectivity index is 2.16. The van der Waals surface area contributed by atoms with Gasteiger partial charge in [0.1, 0.15) is 0 Å². The number of ether oxygens (including phenoxy) is 1. The van der Waals surface area contributed by atoms with Crippen molar-refractivity contribution in [2.24, 2.45) is 0 Å². The number of aliphatic hydroxyl groups excluding tert-OH is 1. The van der Waals surface area contributed by atoms with Crippen LogP contribution in [0.5, 0.6) is 0 Å². The lowest BCUT2D eigenvalue weighted by molar-refractivity contribution is -0.384. The van der Waals surface area contributed by atoms with Gasteiger partial charge in [0.05, 0.1) is 34.9 Å². The molecule has 3 aromatic rings. The molecule has 3 rings (SSSR count). The molecule has 0 aliphatic rings. The van der Waals surface area contributed by atoms with E-state index in [1.165, 1.54) is 18.2 Å². The molecule has 1 heterocycles. The van der Waals surface area contributed by atoms with Gasteiger partial charge in [0.2, 0.25) is 5.82 Å². The van der Waals surface area contributed by atoms with Crippen LogP contribution in [0.3, 0.4) is 0 Å². The second-order valence-corrected chi connectivity index (χ2v) is 8.77. The maximum atomic E-state index is 13.9. The van der Waals surface area contributed by atoms with Gasteiger partial charge in [-0.25, -0.2) is 13.2 Å². The monoisotopic (exact) mass is 494 g/mol. The van der Waals surface area contributed by atoms with Crippen molar-refractivity contribution < 1.29 is 27.6 Å². The summed E-state index contributed by atoms with van der Waals surface area (Å²) in [5, 5.41) is 20.7. The Morgan fingerprint density at radius 2 is 1.85 bits per heavy atom. The number of non-ortho nitro benzene ring substituents is 1. The largest absolute Gasteiger partial charge is 0.392 e. The predicted molar refractivity (Wildman–Crippen MR) is 117 cm³/mol. The average molecular weight is 494 g/mol. The third-order valence-corrected chi connectivity index (χ3v) is 6.69. The Labute approximate surface area is 191 Å². The topological polar surface area (TPSA) is 165 Å². The SMILES string of the molecule is CO[C@@H](CN(c1ccccc1CO)S(=O)(=O)c1ccc([N+](=O)[O-])cc1)n1cc(F)c(=O)[nH]c1=O. The summed E-state index contributed by atoms with van der Waals surface area (Å²) in [5.74, 6) is -1.29. The molecule has 0 amide bonds. The molecule has 2 N–H and O–H groups in total. The number of hydrogen-bond acceptors (Lipinski definition) is 8. The van der Waals surface area contributed by atoms with Gasteiger partial charge in [-0.2, -0.15) is 4.39 Å². The number of aromatic amines is 1. The number of nitro groups is 1. The first kappa shape index (κ1) is 24.8. The summed E-state index contributed by atoms with van der Waals surface area (Å²) in [7, 11) is -3.29. The molecule has 0 aliphatic heterocycles. The number of para-hydroxylation sites is 1. The first-order valence-corrected chi connectivity index (χ1v) is 11.0. The fraction of sp³-hybridized carbons (Fsp3) is 0.200. The van der Waals surface area contributed by atoms with Crippen molar-refractivity contribution in [2.45, 2.75) is 17.7 Å². The number of nitro benzene ring substituents is 1. The lowest BCUT2D eigenvalue weighted by Gasteiger charge is -2.30. The van der Waals surface area contributed by atoms with Crippen LogP contribution in [0.15, 0.2) is 69.2 Å². The van der Waals surface area contributed by atoms with Crippen LogP contribution in [-0.2, 0) is 21.4 Å². The van der Waals surface area contributed by atoms with Gasteiger partial charge in [-0.05, 0) is 18.2 Å². The molecule has 0 saturated heterocycles. The number of aromatic nitrogens is 2. The minimum atomic E-state index is -4.43. The summed E-state index contributed by atoms with van der Waals surface area (Å²) in [4.78, 5) is 35.3. The van der Waals surface area contributed by atoms with E-state index in [1.54, 1.807) is 11.1 Å². The molecule has 1 aromatic heterocycles. The number of rotatable bonds is 9. The average Bonchev–Trinajstić information content (AvgIpc) is 2.82. The highest BCUT2D eigenvalue weighted by atomic mass is 32.2. The molecule has 34 heavy (non-hydrogen) atoms.